The minimum atomic E-state index is -0.436. The lowest BCUT2D eigenvalue weighted by Crippen LogP contribution is -2.59. The van der Waals surface area contributed by atoms with Crippen molar-refractivity contribution in [1.29, 1.82) is 0 Å². The van der Waals surface area contributed by atoms with E-state index in [9.17, 15) is 4.79 Å². The van der Waals surface area contributed by atoms with E-state index in [-0.39, 0.29) is 0 Å². The van der Waals surface area contributed by atoms with Crippen molar-refractivity contribution in [2.45, 2.75) is 95.7 Å². The third kappa shape index (κ3) is 3.55. The number of hydrogen-bond acceptors (Lipinski definition) is 2. The van der Waals surface area contributed by atoms with Gasteiger partial charge in [-0.3, -0.25) is 4.79 Å². The zero-order valence-electron chi connectivity index (χ0n) is 13.6. The quantitative estimate of drug-likeness (QED) is 0.855. The van der Waals surface area contributed by atoms with Gasteiger partial charge in [-0.05, 0) is 46.6 Å². The highest BCUT2D eigenvalue weighted by molar-refractivity contribution is 5.86. The first-order chi connectivity index (χ1) is 9.56. The van der Waals surface area contributed by atoms with Gasteiger partial charge in [0.1, 0.15) is 0 Å². The molecule has 1 N–H and O–H groups in total. The largest absolute Gasteiger partial charge is 0.335 e. The van der Waals surface area contributed by atoms with E-state index in [1.165, 1.54) is 64.2 Å². The lowest BCUT2D eigenvalue weighted by atomic mass is 9.87. The van der Waals surface area contributed by atoms with Gasteiger partial charge in [-0.15, -0.1) is 0 Å². The summed E-state index contributed by atoms with van der Waals surface area (Å²) in [6.07, 6.45) is 12.7. The van der Waals surface area contributed by atoms with E-state index in [1.54, 1.807) is 0 Å². The smallest absolute Gasteiger partial charge is 0.242 e. The maximum absolute atomic E-state index is 13.1. The highest BCUT2D eigenvalue weighted by atomic mass is 16.2. The monoisotopic (exact) mass is 280 g/mol. The summed E-state index contributed by atoms with van der Waals surface area (Å²) in [4.78, 5) is 15.4. The van der Waals surface area contributed by atoms with E-state index in [4.69, 9.17) is 0 Å². The van der Waals surface area contributed by atoms with Crippen LogP contribution in [0.3, 0.4) is 0 Å². The molecule has 0 aromatic heterocycles. The van der Waals surface area contributed by atoms with Gasteiger partial charge >= 0.3 is 0 Å². The maximum Gasteiger partial charge on any atom is 0.242 e. The molecule has 0 heterocycles. The number of carbonyl (C=O) groups excluding carboxylic acids is 1. The predicted molar refractivity (Wildman–Crippen MR) is 83.7 cm³/mol. The molecular weight excluding hydrogens is 248 g/mol. The molecule has 2 aliphatic rings. The van der Waals surface area contributed by atoms with Gasteiger partial charge in [0.25, 0.3) is 0 Å². The second-order valence-corrected chi connectivity index (χ2v) is 7.17. The van der Waals surface area contributed by atoms with Gasteiger partial charge in [-0.1, -0.05) is 38.5 Å². The Kier molecular flexibility index (Phi) is 5.48. The lowest BCUT2D eigenvalue weighted by Gasteiger charge is -2.45. The molecule has 116 valence electrons. The zero-order chi connectivity index (χ0) is 14.6. The van der Waals surface area contributed by atoms with Crippen LogP contribution in [0, 0.1) is 0 Å². The fourth-order valence-electron chi connectivity index (χ4n) is 3.78. The van der Waals surface area contributed by atoms with Crippen molar-refractivity contribution in [3.05, 3.63) is 0 Å². The molecule has 3 heteroatoms. The Bertz CT molecular complexity index is 297. The third-order valence-corrected chi connectivity index (χ3v) is 5.33. The molecule has 0 bridgehead atoms. The average Bonchev–Trinajstić information content (AvgIpc) is 2.49. The molecule has 0 atom stereocenters. The second kappa shape index (κ2) is 6.93. The first-order valence-electron chi connectivity index (χ1n) is 8.58. The number of nitrogens with one attached hydrogen (secondary N) is 1. The molecule has 0 aromatic rings. The van der Waals surface area contributed by atoms with Crippen molar-refractivity contribution < 1.29 is 4.79 Å². The van der Waals surface area contributed by atoms with Crippen molar-refractivity contribution in [3.63, 3.8) is 0 Å². The Balaban J connectivity index is 2.15. The van der Waals surface area contributed by atoms with Crippen LogP contribution in [0.15, 0.2) is 0 Å². The first-order valence-corrected chi connectivity index (χ1v) is 8.58. The van der Waals surface area contributed by atoms with Gasteiger partial charge in [0.15, 0.2) is 0 Å². The summed E-state index contributed by atoms with van der Waals surface area (Å²) in [7, 11) is 1.90. The van der Waals surface area contributed by atoms with Crippen molar-refractivity contribution in [1.82, 2.24) is 10.2 Å². The van der Waals surface area contributed by atoms with Gasteiger partial charge in [0.2, 0.25) is 5.91 Å². The lowest BCUT2D eigenvalue weighted by molar-refractivity contribution is -0.144. The van der Waals surface area contributed by atoms with Gasteiger partial charge in [-0.25, -0.2) is 0 Å². The Morgan fingerprint density at radius 2 is 1.30 bits per heavy atom. The van der Waals surface area contributed by atoms with Crippen molar-refractivity contribution >= 4 is 5.91 Å². The minimum absolute atomic E-state index is 0.318. The molecule has 0 aromatic carbocycles. The Labute approximate surface area is 124 Å². The van der Waals surface area contributed by atoms with Crippen molar-refractivity contribution in [2.24, 2.45) is 0 Å². The highest BCUT2D eigenvalue weighted by Gasteiger charge is 2.38. The van der Waals surface area contributed by atoms with Gasteiger partial charge in [-0.2, -0.15) is 0 Å². The number of hydrogen-bond donors (Lipinski definition) is 1. The first kappa shape index (κ1) is 15.8. The molecule has 2 aliphatic carbocycles. The molecule has 0 saturated heterocycles. The standard InChI is InChI=1S/C17H32N2O/c1-17(2,18-3)16(20)19(14-10-6-4-7-11-14)15-12-8-5-9-13-15/h14-15,18H,4-13H2,1-3H3. The SMILES string of the molecule is CNC(C)(C)C(=O)N(C1CCCCC1)C1CCCCC1. The number of nitrogens with zero attached hydrogens (tertiary/aromatic N) is 1. The molecule has 0 unspecified atom stereocenters. The summed E-state index contributed by atoms with van der Waals surface area (Å²) >= 11 is 0. The Hall–Kier alpha value is -0.570. The summed E-state index contributed by atoms with van der Waals surface area (Å²) in [5.74, 6) is 0.318. The number of likely N-dealkylation sites (N-methyl/N-ethyl adjacent to an activating group) is 1. The fourth-order valence-corrected chi connectivity index (χ4v) is 3.78. The van der Waals surface area contributed by atoms with Crippen LogP contribution >= 0.6 is 0 Å². The molecule has 2 fully saturated rings. The van der Waals surface area contributed by atoms with Crippen LogP contribution in [-0.4, -0.2) is 35.5 Å². The summed E-state index contributed by atoms with van der Waals surface area (Å²) in [6, 6.07) is 0.985. The van der Waals surface area contributed by atoms with Crippen LogP contribution in [0.2, 0.25) is 0 Å². The summed E-state index contributed by atoms with van der Waals surface area (Å²) in [6.45, 7) is 4.04. The van der Waals surface area contributed by atoms with Crippen molar-refractivity contribution in [2.75, 3.05) is 7.05 Å². The zero-order valence-corrected chi connectivity index (χ0v) is 13.6. The maximum atomic E-state index is 13.1. The Morgan fingerprint density at radius 1 is 0.900 bits per heavy atom. The molecule has 0 aliphatic heterocycles. The van der Waals surface area contributed by atoms with Crippen LogP contribution in [0.1, 0.15) is 78.1 Å². The minimum Gasteiger partial charge on any atom is -0.335 e. The van der Waals surface area contributed by atoms with E-state index in [1.807, 2.05) is 20.9 Å². The molecule has 3 nitrogen and oxygen atoms in total. The second-order valence-electron chi connectivity index (χ2n) is 7.17. The van der Waals surface area contributed by atoms with Crippen LogP contribution in [0.5, 0.6) is 0 Å². The number of rotatable bonds is 4. The molecule has 2 saturated carbocycles. The van der Waals surface area contributed by atoms with E-state index in [0.717, 1.165) is 0 Å². The normalized spacial score (nSPS) is 22.8. The van der Waals surface area contributed by atoms with Crippen LogP contribution in [-0.2, 0) is 4.79 Å². The predicted octanol–water partition coefficient (Wildman–Crippen LogP) is 3.48. The third-order valence-electron chi connectivity index (χ3n) is 5.33. The highest BCUT2D eigenvalue weighted by Crippen LogP contribution is 2.31. The van der Waals surface area contributed by atoms with Gasteiger partial charge < -0.3 is 10.2 Å². The van der Waals surface area contributed by atoms with E-state index >= 15 is 0 Å². The topological polar surface area (TPSA) is 32.3 Å². The molecule has 0 radical (unpaired) electrons. The van der Waals surface area contributed by atoms with Gasteiger partial charge in [0.05, 0.1) is 5.54 Å². The van der Waals surface area contributed by atoms with Crippen LogP contribution in [0.25, 0.3) is 0 Å². The summed E-state index contributed by atoms with van der Waals surface area (Å²) in [5, 5.41) is 3.21. The van der Waals surface area contributed by atoms with Crippen LogP contribution in [0.4, 0.5) is 0 Å². The van der Waals surface area contributed by atoms with Crippen LogP contribution < -0.4 is 5.32 Å². The molecule has 1 amide bonds. The molecular formula is C17H32N2O. The summed E-state index contributed by atoms with van der Waals surface area (Å²) < 4.78 is 0. The van der Waals surface area contributed by atoms with Gasteiger partial charge in [0, 0.05) is 12.1 Å². The summed E-state index contributed by atoms with van der Waals surface area (Å²) in [5.41, 5.74) is -0.436. The van der Waals surface area contributed by atoms with E-state index < -0.39 is 5.54 Å². The molecule has 0 spiro atoms. The van der Waals surface area contributed by atoms with E-state index in [2.05, 4.69) is 10.2 Å². The van der Waals surface area contributed by atoms with Crippen molar-refractivity contribution in [3.8, 4) is 0 Å². The van der Waals surface area contributed by atoms with E-state index in [0.29, 0.717) is 18.0 Å². The average molecular weight is 280 g/mol. The number of carbonyl (C=O) groups is 1. The fraction of sp³-hybridized carbons (Fsp3) is 0.941. The molecule has 20 heavy (non-hydrogen) atoms. The molecule has 2 rings (SSSR count). The number of amides is 1. The Morgan fingerprint density at radius 3 is 1.65 bits per heavy atom.